The Morgan fingerprint density at radius 2 is 1.86 bits per heavy atom. The van der Waals surface area contributed by atoms with E-state index in [1.54, 1.807) is 46.4 Å². The second-order valence-electron chi connectivity index (χ2n) is 8.29. The molecule has 0 saturated heterocycles. The van der Waals surface area contributed by atoms with Gasteiger partial charge >= 0.3 is 0 Å². The third-order valence-electron chi connectivity index (χ3n) is 5.64. The molecule has 5 rings (SSSR count). The van der Waals surface area contributed by atoms with Gasteiger partial charge in [-0.05, 0) is 43.3 Å². The van der Waals surface area contributed by atoms with Gasteiger partial charge < -0.3 is 20.3 Å². The molecule has 1 unspecified atom stereocenters. The lowest BCUT2D eigenvalue weighted by atomic mass is 10.1. The smallest absolute Gasteiger partial charge is 0.164 e. The number of alkyl halides is 1. The van der Waals surface area contributed by atoms with Crippen LogP contribution in [0.4, 0.5) is 10.2 Å². The van der Waals surface area contributed by atoms with E-state index in [1.165, 1.54) is 23.3 Å². The molecule has 11 heteroatoms. The molecule has 3 N–H and O–H groups in total. The van der Waals surface area contributed by atoms with Gasteiger partial charge in [-0.15, -0.1) is 22.9 Å². The zero-order chi connectivity index (χ0) is 25.9. The highest BCUT2D eigenvalue weighted by atomic mass is 35.5. The highest BCUT2D eigenvalue weighted by molar-refractivity contribution is 7.11. The predicted molar refractivity (Wildman–Crippen MR) is 142 cm³/mol. The molecule has 0 fully saturated rings. The van der Waals surface area contributed by atoms with Crippen molar-refractivity contribution in [2.24, 2.45) is 0 Å². The number of aliphatic hydroxyl groups excluding tert-OH is 1. The molecule has 2 aromatic carbocycles. The summed E-state index contributed by atoms with van der Waals surface area (Å²) in [6, 6.07) is 14.9. The first-order valence-electron chi connectivity index (χ1n) is 11.4. The zero-order valence-electron chi connectivity index (χ0n) is 19.8. The highest BCUT2D eigenvalue weighted by Crippen LogP contribution is 2.34. The number of rotatable bonds is 9. The number of ether oxygens (including phenoxy) is 2. The average Bonchev–Trinajstić information content (AvgIpc) is 3.48. The SMILES string of the molecule is Cc1ccc(COc2cc(F)cc(Oc3ccc(-c4nn(C(CO)CCl)c5ncnc(N)c45)cc3)c2)s1. The van der Waals surface area contributed by atoms with Crippen molar-refractivity contribution in [3.8, 4) is 28.5 Å². The van der Waals surface area contributed by atoms with Crippen LogP contribution in [-0.2, 0) is 6.61 Å². The van der Waals surface area contributed by atoms with E-state index in [-0.39, 0.29) is 18.3 Å². The molecular weight excluding hydrogens is 517 g/mol. The first-order chi connectivity index (χ1) is 17.9. The number of benzene rings is 2. The molecule has 0 saturated carbocycles. The van der Waals surface area contributed by atoms with Crippen LogP contribution in [0, 0.1) is 12.7 Å². The first-order valence-corrected chi connectivity index (χ1v) is 12.7. The fourth-order valence-corrected chi connectivity index (χ4v) is 4.89. The number of aliphatic hydroxyl groups is 1. The van der Waals surface area contributed by atoms with Crippen molar-refractivity contribution in [2.75, 3.05) is 18.2 Å². The Labute approximate surface area is 221 Å². The predicted octanol–water partition coefficient (Wildman–Crippen LogP) is 5.73. The Kier molecular flexibility index (Phi) is 7.22. The van der Waals surface area contributed by atoms with Crippen molar-refractivity contribution < 1.29 is 19.0 Å². The summed E-state index contributed by atoms with van der Waals surface area (Å²) in [5.74, 6) is 1.14. The lowest BCUT2D eigenvalue weighted by Crippen LogP contribution is -2.16. The molecule has 5 aromatic rings. The average molecular weight is 540 g/mol. The number of halogens is 2. The Bertz CT molecular complexity index is 1540. The summed E-state index contributed by atoms with van der Waals surface area (Å²) in [5, 5.41) is 14.9. The van der Waals surface area contributed by atoms with Gasteiger partial charge in [-0.1, -0.05) is 0 Å². The Morgan fingerprint density at radius 1 is 1.08 bits per heavy atom. The molecule has 0 spiro atoms. The van der Waals surface area contributed by atoms with Crippen molar-refractivity contribution >= 4 is 39.8 Å². The summed E-state index contributed by atoms with van der Waals surface area (Å²) in [7, 11) is 0. The molecule has 190 valence electrons. The Morgan fingerprint density at radius 3 is 2.57 bits per heavy atom. The third kappa shape index (κ3) is 5.36. The van der Waals surface area contributed by atoms with E-state index in [9.17, 15) is 9.50 Å². The number of hydrogen-bond acceptors (Lipinski definition) is 8. The van der Waals surface area contributed by atoms with Gasteiger partial charge in [0, 0.05) is 39.4 Å². The van der Waals surface area contributed by atoms with Gasteiger partial charge in [0.25, 0.3) is 0 Å². The van der Waals surface area contributed by atoms with Gasteiger partial charge in [0.15, 0.2) is 5.65 Å². The maximum atomic E-state index is 14.2. The summed E-state index contributed by atoms with van der Waals surface area (Å²) in [4.78, 5) is 10.6. The molecular formula is C26H23ClFN5O3S. The molecule has 1 atom stereocenters. The molecule has 0 aliphatic rings. The van der Waals surface area contributed by atoms with Crippen molar-refractivity contribution in [3.63, 3.8) is 0 Å². The van der Waals surface area contributed by atoms with Gasteiger partial charge in [0.05, 0.1) is 18.0 Å². The number of anilines is 1. The fourth-order valence-electron chi connectivity index (χ4n) is 3.86. The molecule has 0 bridgehead atoms. The number of nitrogens with two attached hydrogens (primary N) is 1. The topological polar surface area (TPSA) is 108 Å². The highest BCUT2D eigenvalue weighted by Gasteiger charge is 2.21. The van der Waals surface area contributed by atoms with Crippen LogP contribution in [0.15, 0.2) is 60.9 Å². The summed E-state index contributed by atoms with van der Waals surface area (Å²) in [5.41, 5.74) is 7.91. The molecule has 0 amide bonds. The molecule has 37 heavy (non-hydrogen) atoms. The lowest BCUT2D eigenvalue weighted by Gasteiger charge is -2.11. The molecule has 0 aliphatic carbocycles. The normalized spacial score (nSPS) is 12.1. The van der Waals surface area contributed by atoms with Gasteiger partial charge in [-0.25, -0.2) is 19.0 Å². The largest absolute Gasteiger partial charge is 0.488 e. The minimum absolute atomic E-state index is 0.149. The quantitative estimate of drug-likeness (QED) is 0.230. The van der Waals surface area contributed by atoms with Crippen molar-refractivity contribution in [3.05, 3.63) is 76.5 Å². The van der Waals surface area contributed by atoms with Crippen molar-refractivity contribution in [1.82, 2.24) is 19.7 Å². The summed E-state index contributed by atoms with van der Waals surface area (Å²) in [6.45, 7) is 2.17. The number of thiophene rings is 1. The number of nitrogens with zero attached hydrogens (tertiary/aromatic N) is 4. The van der Waals surface area contributed by atoms with Crippen LogP contribution in [0.2, 0.25) is 0 Å². The van der Waals surface area contributed by atoms with E-state index in [0.29, 0.717) is 40.6 Å². The van der Waals surface area contributed by atoms with E-state index in [4.69, 9.17) is 26.8 Å². The summed E-state index contributed by atoms with van der Waals surface area (Å²) >= 11 is 7.66. The van der Waals surface area contributed by atoms with Gasteiger partial charge in [0.2, 0.25) is 0 Å². The Hall–Kier alpha value is -3.73. The minimum Gasteiger partial charge on any atom is -0.488 e. The van der Waals surface area contributed by atoms with Crippen LogP contribution in [0.5, 0.6) is 17.2 Å². The number of aromatic nitrogens is 4. The van der Waals surface area contributed by atoms with Gasteiger partial charge in [-0.2, -0.15) is 5.10 Å². The van der Waals surface area contributed by atoms with E-state index < -0.39 is 11.9 Å². The molecule has 0 radical (unpaired) electrons. The lowest BCUT2D eigenvalue weighted by molar-refractivity contribution is 0.234. The second kappa shape index (κ2) is 10.7. The maximum absolute atomic E-state index is 14.2. The van der Waals surface area contributed by atoms with E-state index in [2.05, 4.69) is 15.1 Å². The van der Waals surface area contributed by atoms with Crippen molar-refractivity contribution in [2.45, 2.75) is 19.6 Å². The number of nitrogen functional groups attached to an aromatic ring is 1. The fraction of sp³-hybridized carbons (Fsp3) is 0.192. The van der Waals surface area contributed by atoms with Crippen LogP contribution >= 0.6 is 22.9 Å². The van der Waals surface area contributed by atoms with E-state index in [1.807, 2.05) is 19.1 Å². The Balaban J connectivity index is 1.38. The van der Waals surface area contributed by atoms with Crippen LogP contribution in [0.25, 0.3) is 22.3 Å². The summed E-state index contributed by atoms with van der Waals surface area (Å²) in [6.07, 6.45) is 1.34. The standard InChI is InChI=1S/C26H23ClFN5O3S/c1-15-2-7-22(37-15)13-35-20-8-17(28)9-21(10-20)36-19-5-3-16(4-6-19)24-23-25(29)30-14-31-26(23)33(32-24)18(11-27)12-34/h2-10,14,18,34H,11-13H2,1H3,(H2,29,30,31). The first kappa shape index (κ1) is 24.9. The van der Waals surface area contributed by atoms with Gasteiger partial charge in [-0.3, -0.25) is 0 Å². The summed E-state index contributed by atoms with van der Waals surface area (Å²) < 4.78 is 27.5. The van der Waals surface area contributed by atoms with Crippen LogP contribution in [-0.4, -0.2) is 37.3 Å². The van der Waals surface area contributed by atoms with Crippen LogP contribution in [0.3, 0.4) is 0 Å². The maximum Gasteiger partial charge on any atom is 0.164 e. The molecule has 8 nitrogen and oxygen atoms in total. The van der Waals surface area contributed by atoms with Crippen LogP contribution in [0.1, 0.15) is 15.8 Å². The number of fused-ring (bicyclic) bond motifs is 1. The molecule has 3 heterocycles. The number of aryl methyl sites for hydroxylation is 1. The van der Waals surface area contributed by atoms with E-state index in [0.717, 1.165) is 10.4 Å². The monoisotopic (exact) mass is 539 g/mol. The van der Waals surface area contributed by atoms with Crippen LogP contribution < -0.4 is 15.2 Å². The van der Waals surface area contributed by atoms with E-state index >= 15 is 0 Å². The third-order valence-corrected chi connectivity index (χ3v) is 6.97. The van der Waals surface area contributed by atoms with Crippen molar-refractivity contribution in [1.29, 1.82) is 0 Å². The minimum atomic E-state index is -0.469. The molecule has 3 aromatic heterocycles. The number of hydrogen-bond donors (Lipinski definition) is 2. The molecule has 0 aliphatic heterocycles. The second-order valence-corrected chi connectivity index (χ2v) is 9.97. The zero-order valence-corrected chi connectivity index (χ0v) is 21.3. The van der Waals surface area contributed by atoms with Gasteiger partial charge in [0.1, 0.15) is 47.5 Å².